The van der Waals surface area contributed by atoms with Gasteiger partial charge in [-0.1, -0.05) is 13.8 Å². The van der Waals surface area contributed by atoms with Gasteiger partial charge in [0.1, 0.15) is 6.54 Å². The molecule has 0 spiro atoms. The molecular weight excluding hydrogens is 194 g/mol. The van der Waals surface area contributed by atoms with Crippen LogP contribution in [0.2, 0.25) is 0 Å². The normalized spacial score (nSPS) is 15.4. The molecule has 0 aromatic carbocycles. The molecule has 0 saturated heterocycles. The van der Waals surface area contributed by atoms with Crippen molar-refractivity contribution >= 4 is 11.9 Å². The molecule has 0 aliphatic heterocycles. The van der Waals surface area contributed by atoms with Gasteiger partial charge in [-0.15, -0.1) is 0 Å². The standard InChI is InChI=1S/C11H19NO3/c1-3-8(4-2)11(15)12(7-10(13)14)9-5-6-9/h8-9H,3-7H2,1-2H3,(H,13,14). The first-order valence-corrected chi connectivity index (χ1v) is 5.62. The monoisotopic (exact) mass is 213 g/mol. The van der Waals surface area contributed by atoms with E-state index in [1.807, 2.05) is 13.8 Å². The lowest BCUT2D eigenvalue weighted by atomic mass is 10.0. The predicted molar refractivity (Wildman–Crippen MR) is 56.4 cm³/mol. The molecule has 0 radical (unpaired) electrons. The second kappa shape index (κ2) is 5.14. The SMILES string of the molecule is CCC(CC)C(=O)N(CC(=O)O)C1CC1. The topological polar surface area (TPSA) is 57.6 Å². The first kappa shape index (κ1) is 12.0. The maximum absolute atomic E-state index is 12.0. The van der Waals surface area contributed by atoms with Crippen LogP contribution >= 0.6 is 0 Å². The molecule has 1 fully saturated rings. The number of hydrogen-bond acceptors (Lipinski definition) is 2. The first-order chi connectivity index (χ1) is 7.10. The molecular formula is C11H19NO3. The maximum atomic E-state index is 12.0. The van der Waals surface area contributed by atoms with E-state index in [1.165, 1.54) is 0 Å². The summed E-state index contributed by atoms with van der Waals surface area (Å²) in [6.45, 7) is 3.80. The van der Waals surface area contributed by atoms with Gasteiger partial charge in [-0.05, 0) is 25.7 Å². The molecule has 0 aromatic rings. The first-order valence-electron chi connectivity index (χ1n) is 5.62. The van der Waals surface area contributed by atoms with Crippen molar-refractivity contribution in [2.24, 2.45) is 5.92 Å². The Morgan fingerprint density at radius 2 is 1.87 bits per heavy atom. The molecule has 0 heterocycles. The third-order valence-electron chi connectivity index (χ3n) is 2.91. The van der Waals surface area contributed by atoms with Crippen molar-refractivity contribution in [1.82, 2.24) is 4.90 Å². The van der Waals surface area contributed by atoms with Gasteiger partial charge in [0.15, 0.2) is 0 Å². The van der Waals surface area contributed by atoms with Crippen LogP contribution in [0, 0.1) is 5.92 Å². The number of aliphatic carboxylic acids is 1. The number of carboxylic acid groups (broad SMARTS) is 1. The number of carbonyl (C=O) groups is 2. The van der Waals surface area contributed by atoms with E-state index in [4.69, 9.17) is 5.11 Å². The van der Waals surface area contributed by atoms with E-state index in [2.05, 4.69) is 0 Å². The molecule has 0 atom stereocenters. The number of hydrogen-bond donors (Lipinski definition) is 1. The van der Waals surface area contributed by atoms with Crippen molar-refractivity contribution in [2.45, 2.75) is 45.6 Å². The molecule has 1 rings (SSSR count). The summed E-state index contributed by atoms with van der Waals surface area (Å²) in [5, 5.41) is 8.74. The molecule has 0 unspecified atom stereocenters. The van der Waals surface area contributed by atoms with E-state index < -0.39 is 5.97 Å². The molecule has 1 saturated carbocycles. The fourth-order valence-electron chi connectivity index (χ4n) is 1.79. The van der Waals surface area contributed by atoms with Crippen molar-refractivity contribution < 1.29 is 14.7 Å². The summed E-state index contributed by atoms with van der Waals surface area (Å²) < 4.78 is 0. The third kappa shape index (κ3) is 3.22. The molecule has 1 aliphatic rings. The van der Waals surface area contributed by atoms with Crippen molar-refractivity contribution in [1.29, 1.82) is 0 Å². The van der Waals surface area contributed by atoms with Gasteiger partial charge < -0.3 is 10.0 Å². The van der Waals surface area contributed by atoms with E-state index in [0.29, 0.717) is 0 Å². The highest BCUT2D eigenvalue weighted by Crippen LogP contribution is 2.28. The highest BCUT2D eigenvalue weighted by atomic mass is 16.4. The summed E-state index contributed by atoms with van der Waals surface area (Å²) in [7, 11) is 0. The van der Waals surface area contributed by atoms with Gasteiger partial charge in [0.05, 0.1) is 0 Å². The highest BCUT2D eigenvalue weighted by molar-refractivity contribution is 5.83. The minimum Gasteiger partial charge on any atom is -0.480 e. The van der Waals surface area contributed by atoms with Gasteiger partial charge >= 0.3 is 5.97 Å². The third-order valence-corrected chi connectivity index (χ3v) is 2.91. The van der Waals surface area contributed by atoms with E-state index >= 15 is 0 Å². The lowest BCUT2D eigenvalue weighted by Gasteiger charge is -2.24. The zero-order chi connectivity index (χ0) is 11.4. The van der Waals surface area contributed by atoms with Crippen LogP contribution in [0.4, 0.5) is 0 Å². The van der Waals surface area contributed by atoms with Crippen LogP contribution in [0.5, 0.6) is 0 Å². The van der Waals surface area contributed by atoms with Gasteiger partial charge in [0.25, 0.3) is 0 Å². The predicted octanol–water partition coefficient (Wildman–Crippen LogP) is 1.50. The zero-order valence-corrected chi connectivity index (χ0v) is 9.40. The van der Waals surface area contributed by atoms with Crippen LogP contribution in [0.15, 0.2) is 0 Å². The molecule has 1 aliphatic carbocycles. The lowest BCUT2D eigenvalue weighted by Crippen LogP contribution is -2.41. The van der Waals surface area contributed by atoms with E-state index in [0.717, 1.165) is 25.7 Å². The Balaban J connectivity index is 2.61. The van der Waals surface area contributed by atoms with Crippen LogP contribution in [0.1, 0.15) is 39.5 Å². The Morgan fingerprint density at radius 3 is 2.20 bits per heavy atom. The van der Waals surface area contributed by atoms with Gasteiger partial charge in [-0.3, -0.25) is 9.59 Å². The smallest absolute Gasteiger partial charge is 0.323 e. The van der Waals surface area contributed by atoms with Crippen LogP contribution in [-0.2, 0) is 9.59 Å². The van der Waals surface area contributed by atoms with Crippen LogP contribution in [0.3, 0.4) is 0 Å². The molecule has 0 aromatic heterocycles. The summed E-state index contributed by atoms with van der Waals surface area (Å²) in [5.74, 6) is -0.906. The number of amides is 1. The summed E-state index contributed by atoms with van der Waals surface area (Å²) in [6, 6.07) is 0.189. The molecule has 0 bridgehead atoms. The Hall–Kier alpha value is -1.06. The van der Waals surface area contributed by atoms with Crippen molar-refractivity contribution in [3.05, 3.63) is 0 Å². The summed E-state index contributed by atoms with van der Waals surface area (Å²) in [6.07, 6.45) is 3.49. The molecule has 1 N–H and O–H groups in total. The second-order valence-electron chi connectivity index (χ2n) is 4.10. The fraction of sp³-hybridized carbons (Fsp3) is 0.818. The molecule has 86 valence electrons. The Kier molecular flexibility index (Phi) is 4.12. The van der Waals surface area contributed by atoms with Crippen molar-refractivity contribution in [3.63, 3.8) is 0 Å². The van der Waals surface area contributed by atoms with Crippen LogP contribution in [0.25, 0.3) is 0 Å². The van der Waals surface area contributed by atoms with E-state index in [9.17, 15) is 9.59 Å². The fourth-order valence-corrected chi connectivity index (χ4v) is 1.79. The summed E-state index contributed by atoms with van der Waals surface area (Å²) >= 11 is 0. The number of carboxylic acids is 1. The average Bonchev–Trinajstić information content (AvgIpc) is 2.99. The maximum Gasteiger partial charge on any atom is 0.323 e. The summed E-state index contributed by atoms with van der Waals surface area (Å²) in [5.41, 5.74) is 0. The molecule has 4 heteroatoms. The largest absolute Gasteiger partial charge is 0.480 e. The zero-order valence-electron chi connectivity index (χ0n) is 9.40. The molecule has 4 nitrogen and oxygen atoms in total. The number of rotatable bonds is 6. The average molecular weight is 213 g/mol. The molecule has 1 amide bonds. The van der Waals surface area contributed by atoms with Crippen LogP contribution in [-0.4, -0.2) is 34.5 Å². The van der Waals surface area contributed by atoms with Gasteiger partial charge in [-0.25, -0.2) is 0 Å². The van der Waals surface area contributed by atoms with E-state index in [1.54, 1.807) is 4.90 Å². The van der Waals surface area contributed by atoms with Crippen LogP contribution < -0.4 is 0 Å². The van der Waals surface area contributed by atoms with Crippen molar-refractivity contribution in [2.75, 3.05) is 6.54 Å². The van der Waals surface area contributed by atoms with E-state index in [-0.39, 0.29) is 24.4 Å². The minimum absolute atomic E-state index is 0.00931. The van der Waals surface area contributed by atoms with Gasteiger partial charge in [0, 0.05) is 12.0 Å². The Labute approximate surface area is 90.3 Å². The van der Waals surface area contributed by atoms with Crippen molar-refractivity contribution in [3.8, 4) is 0 Å². The lowest BCUT2D eigenvalue weighted by molar-refractivity contribution is -0.147. The number of nitrogens with zero attached hydrogens (tertiary/aromatic N) is 1. The van der Waals surface area contributed by atoms with Gasteiger partial charge in [0.2, 0.25) is 5.91 Å². The Bertz CT molecular complexity index is 244. The Morgan fingerprint density at radius 1 is 1.33 bits per heavy atom. The quantitative estimate of drug-likeness (QED) is 0.727. The number of carbonyl (C=O) groups excluding carboxylic acids is 1. The molecule has 15 heavy (non-hydrogen) atoms. The second-order valence-corrected chi connectivity index (χ2v) is 4.10. The highest BCUT2D eigenvalue weighted by Gasteiger charge is 2.35. The van der Waals surface area contributed by atoms with Gasteiger partial charge in [-0.2, -0.15) is 0 Å². The minimum atomic E-state index is -0.916. The summed E-state index contributed by atoms with van der Waals surface area (Å²) in [4.78, 5) is 24.2.